The monoisotopic (exact) mass is 172 g/mol. The molecule has 4 nitrogen and oxygen atoms in total. The van der Waals surface area contributed by atoms with Gasteiger partial charge in [-0.3, -0.25) is 4.79 Å². The average Bonchev–Trinajstić information content (AvgIpc) is 2.28. The number of carbonyl (C=O) groups excluding carboxylic acids is 1. The van der Waals surface area contributed by atoms with Crippen molar-refractivity contribution in [1.29, 1.82) is 0 Å². The third-order valence-electron chi connectivity index (χ3n) is 2.54. The first kappa shape index (κ1) is 9.48. The fourth-order valence-corrected chi connectivity index (χ4v) is 1.94. The third kappa shape index (κ3) is 1.76. The molecule has 0 heterocycles. The smallest absolute Gasteiger partial charge is 0.219 e. The Labute approximate surface area is 72.2 Å². The Kier molecular flexibility index (Phi) is 2.69. The fourth-order valence-electron chi connectivity index (χ4n) is 1.94. The third-order valence-corrected chi connectivity index (χ3v) is 2.54. The van der Waals surface area contributed by atoms with Crippen LogP contribution in [0.2, 0.25) is 0 Å². The first-order chi connectivity index (χ1) is 5.58. The minimum atomic E-state index is -0.513. The molecule has 1 amide bonds. The minimum absolute atomic E-state index is 0.00926. The van der Waals surface area contributed by atoms with Crippen molar-refractivity contribution in [3.05, 3.63) is 0 Å². The molecule has 0 aromatic carbocycles. The summed E-state index contributed by atoms with van der Waals surface area (Å²) < 4.78 is 5.19. The molecule has 4 N–H and O–H groups in total. The molecule has 0 radical (unpaired) electrons. The summed E-state index contributed by atoms with van der Waals surface area (Å²) in [7, 11) is 1.62. The number of methoxy groups -OCH3 is 1. The van der Waals surface area contributed by atoms with Gasteiger partial charge in [0.15, 0.2) is 0 Å². The van der Waals surface area contributed by atoms with Gasteiger partial charge in [-0.05, 0) is 19.3 Å². The van der Waals surface area contributed by atoms with E-state index in [9.17, 15) is 4.79 Å². The second-order valence-corrected chi connectivity index (χ2v) is 3.49. The van der Waals surface area contributed by atoms with Crippen LogP contribution in [-0.4, -0.2) is 24.7 Å². The van der Waals surface area contributed by atoms with Crippen molar-refractivity contribution in [2.45, 2.75) is 37.3 Å². The molecule has 1 fully saturated rings. The highest BCUT2D eigenvalue weighted by Crippen LogP contribution is 2.32. The van der Waals surface area contributed by atoms with Gasteiger partial charge < -0.3 is 16.2 Å². The number of ether oxygens (including phenoxy) is 1. The number of hydrogen-bond acceptors (Lipinski definition) is 3. The molecule has 0 spiro atoms. The predicted molar refractivity (Wildman–Crippen MR) is 45.4 cm³/mol. The standard InChI is InChI=1S/C8H16N2O2/c1-12-6-3-2-4-8(6,10)5-7(9)11/h6H,2-5,10H2,1H3,(H2,9,11). The number of hydrogen-bond donors (Lipinski definition) is 2. The van der Waals surface area contributed by atoms with Gasteiger partial charge >= 0.3 is 0 Å². The lowest BCUT2D eigenvalue weighted by Gasteiger charge is -2.28. The lowest BCUT2D eigenvalue weighted by Crippen LogP contribution is -2.50. The van der Waals surface area contributed by atoms with Gasteiger partial charge in [0.05, 0.1) is 11.6 Å². The molecule has 4 heteroatoms. The number of carbonyl (C=O) groups is 1. The summed E-state index contributed by atoms with van der Waals surface area (Å²) >= 11 is 0. The second-order valence-electron chi connectivity index (χ2n) is 3.49. The Morgan fingerprint density at radius 3 is 2.92 bits per heavy atom. The highest BCUT2D eigenvalue weighted by molar-refractivity contribution is 5.75. The van der Waals surface area contributed by atoms with Crippen molar-refractivity contribution in [1.82, 2.24) is 0 Å². The quantitative estimate of drug-likeness (QED) is 0.616. The maximum Gasteiger partial charge on any atom is 0.219 e. The van der Waals surface area contributed by atoms with Crippen molar-refractivity contribution >= 4 is 5.91 Å². The van der Waals surface area contributed by atoms with Crippen LogP contribution in [0.5, 0.6) is 0 Å². The zero-order valence-electron chi connectivity index (χ0n) is 7.38. The van der Waals surface area contributed by atoms with E-state index in [1.165, 1.54) is 0 Å². The SMILES string of the molecule is COC1CCCC1(N)CC(N)=O. The first-order valence-electron chi connectivity index (χ1n) is 4.18. The van der Waals surface area contributed by atoms with Crippen LogP contribution in [0.15, 0.2) is 0 Å². The summed E-state index contributed by atoms with van der Waals surface area (Å²) in [5.74, 6) is -0.346. The van der Waals surface area contributed by atoms with Gasteiger partial charge in [0.25, 0.3) is 0 Å². The van der Waals surface area contributed by atoms with Crippen LogP contribution in [0.1, 0.15) is 25.7 Å². The molecule has 0 aromatic heterocycles. The molecule has 0 aliphatic heterocycles. The van der Waals surface area contributed by atoms with Crippen molar-refractivity contribution in [2.24, 2.45) is 11.5 Å². The summed E-state index contributed by atoms with van der Waals surface area (Å²) in [5, 5.41) is 0. The normalized spacial score (nSPS) is 35.3. The van der Waals surface area contributed by atoms with Crippen LogP contribution in [-0.2, 0) is 9.53 Å². The lowest BCUT2D eigenvalue weighted by molar-refractivity contribution is -0.120. The van der Waals surface area contributed by atoms with Crippen LogP contribution in [0.3, 0.4) is 0 Å². The second kappa shape index (κ2) is 3.41. The molecule has 1 rings (SSSR count). The molecule has 2 atom stereocenters. The van der Waals surface area contributed by atoms with Crippen LogP contribution in [0, 0.1) is 0 Å². The topological polar surface area (TPSA) is 78.3 Å². The largest absolute Gasteiger partial charge is 0.380 e. The van der Waals surface area contributed by atoms with Crippen molar-refractivity contribution in [3.63, 3.8) is 0 Å². The van der Waals surface area contributed by atoms with E-state index >= 15 is 0 Å². The van der Waals surface area contributed by atoms with Gasteiger partial charge in [-0.25, -0.2) is 0 Å². The molecular formula is C8H16N2O2. The van der Waals surface area contributed by atoms with Crippen LogP contribution < -0.4 is 11.5 Å². The van der Waals surface area contributed by atoms with Crippen molar-refractivity contribution in [2.75, 3.05) is 7.11 Å². The van der Waals surface area contributed by atoms with E-state index < -0.39 is 5.54 Å². The Balaban J connectivity index is 2.61. The zero-order valence-corrected chi connectivity index (χ0v) is 7.38. The number of amides is 1. The lowest BCUT2D eigenvalue weighted by atomic mass is 9.92. The van der Waals surface area contributed by atoms with Gasteiger partial charge in [0.1, 0.15) is 0 Å². The molecule has 1 aliphatic rings. The van der Waals surface area contributed by atoms with Crippen LogP contribution >= 0.6 is 0 Å². The molecule has 1 saturated carbocycles. The molecule has 0 bridgehead atoms. The highest BCUT2D eigenvalue weighted by Gasteiger charge is 2.40. The van der Waals surface area contributed by atoms with Gasteiger partial charge in [-0.15, -0.1) is 0 Å². The highest BCUT2D eigenvalue weighted by atomic mass is 16.5. The van der Waals surface area contributed by atoms with E-state index in [1.54, 1.807) is 7.11 Å². The maximum atomic E-state index is 10.7. The molecule has 2 unspecified atom stereocenters. The number of rotatable bonds is 3. The van der Waals surface area contributed by atoms with E-state index in [-0.39, 0.29) is 18.4 Å². The molecule has 70 valence electrons. The van der Waals surface area contributed by atoms with Gasteiger partial charge in [0, 0.05) is 13.5 Å². The molecular weight excluding hydrogens is 156 g/mol. The van der Waals surface area contributed by atoms with Gasteiger partial charge in [0.2, 0.25) is 5.91 Å². The minimum Gasteiger partial charge on any atom is -0.380 e. The summed E-state index contributed by atoms with van der Waals surface area (Å²) in [5.41, 5.74) is 10.6. The van der Waals surface area contributed by atoms with E-state index in [0.717, 1.165) is 19.3 Å². The Morgan fingerprint density at radius 2 is 2.42 bits per heavy atom. The van der Waals surface area contributed by atoms with Gasteiger partial charge in [-0.1, -0.05) is 0 Å². The van der Waals surface area contributed by atoms with Crippen LogP contribution in [0.4, 0.5) is 0 Å². The Bertz CT molecular complexity index is 184. The summed E-state index contributed by atoms with van der Waals surface area (Å²) in [6.07, 6.45) is 2.99. The Morgan fingerprint density at radius 1 is 1.75 bits per heavy atom. The summed E-state index contributed by atoms with van der Waals surface area (Å²) in [6, 6.07) is 0. The van der Waals surface area contributed by atoms with E-state index in [0.29, 0.717) is 0 Å². The Hall–Kier alpha value is -0.610. The van der Waals surface area contributed by atoms with Crippen molar-refractivity contribution < 1.29 is 9.53 Å². The number of nitrogens with two attached hydrogens (primary N) is 2. The predicted octanol–water partition coefficient (Wildman–Crippen LogP) is -0.242. The molecule has 0 saturated heterocycles. The summed E-state index contributed by atoms with van der Waals surface area (Å²) in [4.78, 5) is 10.7. The molecule has 0 aromatic rings. The molecule has 12 heavy (non-hydrogen) atoms. The van der Waals surface area contributed by atoms with E-state index in [2.05, 4.69) is 0 Å². The average molecular weight is 172 g/mol. The van der Waals surface area contributed by atoms with Crippen LogP contribution in [0.25, 0.3) is 0 Å². The first-order valence-corrected chi connectivity index (χ1v) is 4.18. The van der Waals surface area contributed by atoms with E-state index in [1.807, 2.05) is 0 Å². The van der Waals surface area contributed by atoms with E-state index in [4.69, 9.17) is 16.2 Å². The number of primary amides is 1. The van der Waals surface area contributed by atoms with Crippen molar-refractivity contribution in [3.8, 4) is 0 Å². The fraction of sp³-hybridized carbons (Fsp3) is 0.875. The van der Waals surface area contributed by atoms with Gasteiger partial charge in [-0.2, -0.15) is 0 Å². The zero-order chi connectivity index (χ0) is 9.19. The molecule has 1 aliphatic carbocycles. The summed E-state index contributed by atoms with van der Waals surface area (Å²) in [6.45, 7) is 0. The maximum absolute atomic E-state index is 10.7.